The summed E-state index contributed by atoms with van der Waals surface area (Å²) in [7, 11) is -2.25. The van der Waals surface area contributed by atoms with Crippen molar-refractivity contribution in [3.8, 4) is 0 Å². The summed E-state index contributed by atoms with van der Waals surface area (Å²) in [5, 5.41) is 1.23. The van der Waals surface area contributed by atoms with E-state index in [2.05, 4.69) is 41.1 Å². The molecular weight excluding hydrogens is 308 g/mol. The highest BCUT2D eigenvalue weighted by atomic mass is 79.9. The molecule has 0 unspecified atom stereocenters. The second-order valence-electron chi connectivity index (χ2n) is 4.23. The predicted octanol–water partition coefficient (Wildman–Crippen LogP) is 3.97. The van der Waals surface area contributed by atoms with Crippen LogP contribution in [0, 0.1) is 0 Å². The molecule has 0 fully saturated rings. The van der Waals surface area contributed by atoms with Crippen molar-refractivity contribution >= 4 is 29.7 Å². The van der Waals surface area contributed by atoms with Crippen molar-refractivity contribution in [2.75, 3.05) is 13.2 Å². The molecule has 0 spiro atoms. The van der Waals surface area contributed by atoms with E-state index in [0.29, 0.717) is 13.2 Å². The molecule has 0 amide bonds. The third kappa shape index (κ3) is 4.19. The summed E-state index contributed by atoms with van der Waals surface area (Å²) in [5.74, 6) is 0. The van der Waals surface area contributed by atoms with E-state index in [9.17, 15) is 0 Å². The van der Waals surface area contributed by atoms with Gasteiger partial charge in [-0.25, -0.2) is 0 Å². The lowest BCUT2D eigenvalue weighted by Gasteiger charge is -2.30. The van der Waals surface area contributed by atoms with Crippen LogP contribution >= 0.6 is 15.9 Å². The minimum Gasteiger partial charge on any atom is -0.391 e. The molecule has 0 aromatic heterocycles. The number of halogens is 1. The van der Waals surface area contributed by atoms with Crippen molar-refractivity contribution in [1.29, 1.82) is 0 Å². The van der Waals surface area contributed by atoms with E-state index in [1.807, 2.05) is 19.9 Å². The van der Waals surface area contributed by atoms with Gasteiger partial charge in [0.05, 0.1) is 0 Å². The number of hydrogen-bond donors (Lipinski definition) is 0. The molecular formula is C14H23BrO2Si. The maximum atomic E-state index is 6.11. The van der Waals surface area contributed by atoms with Crippen LogP contribution in [0.3, 0.4) is 0 Å². The van der Waals surface area contributed by atoms with Crippen molar-refractivity contribution in [1.82, 2.24) is 0 Å². The van der Waals surface area contributed by atoms with Crippen molar-refractivity contribution in [2.45, 2.75) is 39.7 Å². The molecule has 0 aliphatic heterocycles. The van der Waals surface area contributed by atoms with Crippen LogP contribution in [0.1, 0.15) is 33.6 Å². The smallest absolute Gasteiger partial charge is 0.372 e. The highest BCUT2D eigenvalue weighted by Crippen LogP contribution is 2.19. The largest absolute Gasteiger partial charge is 0.391 e. The van der Waals surface area contributed by atoms with E-state index >= 15 is 0 Å². The van der Waals surface area contributed by atoms with Crippen LogP contribution in [-0.2, 0) is 8.85 Å². The van der Waals surface area contributed by atoms with Gasteiger partial charge in [-0.15, -0.1) is 0 Å². The number of benzene rings is 1. The van der Waals surface area contributed by atoms with Gasteiger partial charge in [-0.1, -0.05) is 47.8 Å². The second kappa shape index (κ2) is 8.10. The van der Waals surface area contributed by atoms with Crippen molar-refractivity contribution in [3.05, 3.63) is 28.7 Å². The van der Waals surface area contributed by atoms with Crippen molar-refractivity contribution in [3.63, 3.8) is 0 Å². The van der Waals surface area contributed by atoms with Crippen LogP contribution in [0.2, 0.25) is 6.04 Å². The Kier molecular flexibility index (Phi) is 7.15. The SMILES string of the molecule is CCCC[Si](OCC)(OCC)c1cccc(Br)c1. The molecule has 0 bridgehead atoms. The molecule has 102 valence electrons. The van der Waals surface area contributed by atoms with Gasteiger partial charge in [0.1, 0.15) is 0 Å². The molecule has 0 N–H and O–H groups in total. The zero-order valence-corrected chi connectivity index (χ0v) is 14.1. The van der Waals surface area contributed by atoms with Crippen LogP contribution < -0.4 is 5.19 Å². The van der Waals surface area contributed by atoms with Crippen LogP contribution in [-0.4, -0.2) is 21.8 Å². The lowest BCUT2D eigenvalue weighted by atomic mass is 10.4. The van der Waals surface area contributed by atoms with Gasteiger partial charge in [0, 0.05) is 17.7 Å². The van der Waals surface area contributed by atoms with Gasteiger partial charge >= 0.3 is 8.56 Å². The first-order valence-corrected chi connectivity index (χ1v) is 9.54. The molecule has 0 atom stereocenters. The third-order valence-corrected chi connectivity index (χ3v) is 7.08. The van der Waals surface area contributed by atoms with Gasteiger partial charge < -0.3 is 8.85 Å². The first-order valence-electron chi connectivity index (χ1n) is 6.72. The summed E-state index contributed by atoms with van der Waals surface area (Å²) >= 11 is 3.54. The fourth-order valence-corrected chi connectivity index (χ4v) is 6.18. The molecule has 0 saturated carbocycles. The molecule has 0 saturated heterocycles. The van der Waals surface area contributed by atoms with Gasteiger partial charge in [0.25, 0.3) is 0 Å². The van der Waals surface area contributed by atoms with Crippen molar-refractivity contribution < 1.29 is 8.85 Å². The molecule has 1 aromatic rings. The Hall–Kier alpha value is -0.163. The van der Waals surface area contributed by atoms with Gasteiger partial charge in [0.2, 0.25) is 0 Å². The molecule has 0 radical (unpaired) electrons. The Morgan fingerprint density at radius 1 is 1.11 bits per heavy atom. The predicted molar refractivity (Wildman–Crippen MR) is 82.5 cm³/mol. The van der Waals surface area contributed by atoms with Gasteiger partial charge in [-0.05, 0) is 37.2 Å². The first-order chi connectivity index (χ1) is 8.68. The van der Waals surface area contributed by atoms with Crippen LogP contribution in [0.15, 0.2) is 28.7 Å². The highest BCUT2D eigenvalue weighted by Gasteiger charge is 2.38. The zero-order chi connectivity index (χ0) is 13.4. The van der Waals surface area contributed by atoms with Crippen LogP contribution in [0.4, 0.5) is 0 Å². The maximum absolute atomic E-state index is 6.11. The number of unbranched alkanes of at least 4 members (excludes halogenated alkanes) is 1. The molecule has 4 heteroatoms. The van der Waals surface area contributed by atoms with Crippen molar-refractivity contribution in [2.24, 2.45) is 0 Å². The van der Waals surface area contributed by atoms with Gasteiger partial charge in [0.15, 0.2) is 0 Å². The molecule has 0 aliphatic carbocycles. The van der Waals surface area contributed by atoms with E-state index in [4.69, 9.17) is 8.85 Å². The Morgan fingerprint density at radius 3 is 2.28 bits per heavy atom. The number of rotatable bonds is 8. The minimum absolute atomic E-state index is 0.711. The van der Waals surface area contributed by atoms with E-state index in [1.54, 1.807) is 0 Å². The maximum Gasteiger partial charge on any atom is 0.372 e. The highest BCUT2D eigenvalue weighted by molar-refractivity contribution is 9.10. The topological polar surface area (TPSA) is 18.5 Å². The lowest BCUT2D eigenvalue weighted by Crippen LogP contribution is -2.53. The Morgan fingerprint density at radius 2 is 1.78 bits per heavy atom. The summed E-state index contributed by atoms with van der Waals surface area (Å²) in [4.78, 5) is 0. The van der Waals surface area contributed by atoms with E-state index in [0.717, 1.165) is 16.9 Å². The molecule has 0 heterocycles. The van der Waals surface area contributed by atoms with E-state index < -0.39 is 8.56 Å². The first kappa shape index (κ1) is 15.9. The number of hydrogen-bond acceptors (Lipinski definition) is 2. The summed E-state index contributed by atoms with van der Waals surface area (Å²) in [6, 6.07) is 9.42. The summed E-state index contributed by atoms with van der Waals surface area (Å²) in [5.41, 5.74) is 0. The quantitative estimate of drug-likeness (QED) is 0.671. The van der Waals surface area contributed by atoms with Gasteiger partial charge in [-0.2, -0.15) is 0 Å². The van der Waals surface area contributed by atoms with Crippen LogP contribution in [0.25, 0.3) is 0 Å². The molecule has 1 rings (SSSR count). The van der Waals surface area contributed by atoms with Gasteiger partial charge in [-0.3, -0.25) is 0 Å². The van der Waals surface area contributed by atoms with E-state index in [1.165, 1.54) is 11.6 Å². The zero-order valence-electron chi connectivity index (χ0n) is 11.5. The average molecular weight is 331 g/mol. The Balaban J connectivity index is 3.05. The summed E-state index contributed by atoms with van der Waals surface area (Å²) in [6.07, 6.45) is 2.32. The Bertz CT molecular complexity index is 351. The monoisotopic (exact) mass is 330 g/mol. The average Bonchev–Trinajstić information content (AvgIpc) is 2.36. The van der Waals surface area contributed by atoms with E-state index in [-0.39, 0.29) is 0 Å². The molecule has 2 nitrogen and oxygen atoms in total. The third-order valence-electron chi connectivity index (χ3n) is 2.88. The summed E-state index contributed by atoms with van der Waals surface area (Å²) in [6.45, 7) is 7.72. The molecule has 1 aromatic carbocycles. The summed E-state index contributed by atoms with van der Waals surface area (Å²) < 4.78 is 13.3. The molecule has 0 aliphatic rings. The fourth-order valence-electron chi connectivity index (χ4n) is 2.10. The second-order valence-corrected chi connectivity index (χ2v) is 8.31. The molecule has 18 heavy (non-hydrogen) atoms. The standard InChI is InChI=1S/C14H23BrO2Si/c1-4-7-11-18(16-5-2,17-6-3)14-10-8-9-13(15)12-14/h8-10,12H,4-7,11H2,1-3H3. The normalized spacial score (nSPS) is 11.8. The van der Waals surface area contributed by atoms with Crippen LogP contribution in [0.5, 0.6) is 0 Å². The Labute approximate surface area is 120 Å². The lowest BCUT2D eigenvalue weighted by molar-refractivity contribution is 0.195. The fraction of sp³-hybridized carbons (Fsp3) is 0.571. The minimum atomic E-state index is -2.25.